The lowest BCUT2D eigenvalue weighted by Crippen LogP contribution is -2.14. The average Bonchev–Trinajstić information content (AvgIpc) is 3.03. The van der Waals surface area contributed by atoms with Gasteiger partial charge in [-0.2, -0.15) is 0 Å². The lowest BCUT2D eigenvalue weighted by molar-refractivity contribution is 0.415. The summed E-state index contributed by atoms with van der Waals surface area (Å²) in [6.07, 6.45) is 2.22. The normalized spacial score (nSPS) is 12.7. The minimum absolute atomic E-state index is 0.339. The highest BCUT2D eigenvalue weighted by Crippen LogP contribution is 2.44. The van der Waals surface area contributed by atoms with E-state index >= 15 is 0 Å². The quantitative estimate of drug-likeness (QED) is 0.508. The van der Waals surface area contributed by atoms with Crippen LogP contribution in [0.4, 0.5) is 0 Å². The van der Waals surface area contributed by atoms with Gasteiger partial charge in [0.2, 0.25) is 0 Å². The van der Waals surface area contributed by atoms with Crippen LogP contribution in [0.15, 0.2) is 42.5 Å². The van der Waals surface area contributed by atoms with Gasteiger partial charge in [-0.3, -0.25) is 0 Å². The molecule has 0 aliphatic heterocycles. The molecule has 0 saturated carbocycles. The maximum absolute atomic E-state index is 5.46. The molecule has 0 bridgehead atoms. The average molecular weight is 306 g/mol. The third-order valence-corrected chi connectivity index (χ3v) is 5.45. The van der Waals surface area contributed by atoms with Crippen molar-refractivity contribution in [2.75, 3.05) is 7.11 Å². The Hall–Kier alpha value is -2.00. The first-order valence-electron chi connectivity index (χ1n) is 7.75. The van der Waals surface area contributed by atoms with E-state index in [1.807, 2.05) is 0 Å². The van der Waals surface area contributed by atoms with Crippen molar-refractivity contribution >= 4 is 19.7 Å². The molecule has 1 radical (unpaired) electrons. The van der Waals surface area contributed by atoms with Crippen molar-refractivity contribution < 1.29 is 4.74 Å². The maximum Gasteiger partial charge on any atom is 0.119 e. The van der Waals surface area contributed by atoms with Crippen LogP contribution in [0, 0.1) is 0 Å². The Kier molecular flexibility index (Phi) is 3.12. The molecule has 0 spiro atoms. The van der Waals surface area contributed by atoms with E-state index in [9.17, 15) is 0 Å². The largest absolute Gasteiger partial charge is 0.497 e. The van der Waals surface area contributed by atoms with E-state index in [0.717, 1.165) is 18.3 Å². The third kappa shape index (κ3) is 1.92. The Balaban J connectivity index is 2.04. The summed E-state index contributed by atoms with van der Waals surface area (Å²) in [6.45, 7) is 4.77. The molecule has 111 valence electrons. The highest BCUT2D eigenvalue weighted by atomic mass is 28.3. The Morgan fingerprint density at radius 1 is 1.14 bits per heavy atom. The molecular formula is C19H20NOSi. The molecule has 0 saturated heterocycles. The number of fused-ring (bicyclic) bond motifs is 5. The fourth-order valence-corrected chi connectivity index (χ4v) is 4.59. The van der Waals surface area contributed by atoms with Crippen LogP contribution >= 0.6 is 0 Å². The van der Waals surface area contributed by atoms with Gasteiger partial charge in [0.1, 0.15) is 5.75 Å². The van der Waals surface area contributed by atoms with Gasteiger partial charge in [0, 0.05) is 34.7 Å². The van der Waals surface area contributed by atoms with Gasteiger partial charge in [-0.1, -0.05) is 37.4 Å². The van der Waals surface area contributed by atoms with Crippen LogP contribution in [0.3, 0.4) is 0 Å². The lowest BCUT2D eigenvalue weighted by atomic mass is 10.0. The number of aromatic nitrogens is 1. The number of benzene rings is 2. The van der Waals surface area contributed by atoms with Gasteiger partial charge >= 0.3 is 0 Å². The number of methoxy groups -OCH3 is 1. The van der Waals surface area contributed by atoms with E-state index in [2.05, 4.69) is 60.1 Å². The second-order valence-electron chi connectivity index (χ2n) is 6.33. The van der Waals surface area contributed by atoms with Crippen molar-refractivity contribution in [3.05, 3.63) is 53.7 Å². The summed E-state index contributed by atoms with van der Waals surface area (Å²) in [6, 6.07) is 15.3. The second kappa shape index (κ2) is 5.02. The zero-order valence-corrected chi connectivity index (χ0v) is 14.3. The monoisotopic (exact) mass is 306 g/mol. The Labute approximate surface area is 132 Å². The number of rotatable bonds is 3. The number of nitrogens with zero attached hydrogens (tertiary/aromatic N) is 1. The molecule has 1 aliphatic rings. The van der Waals surface area contributed by atoms with Crippen LogP contribution in [0.1, 0.15) is 11.3 Å². The zero-order chi connectivity index (χ0) is 15.3. The van der Waals surface area contributed by atoms with Crippen molar-refractivity contribution in [1.29, 1.82) is 0 Å². The van der Waals surface area contributed by atoms with Crippen molar-refractivity contribution in [2.45, 2.75) is 25.7 Å². The second-order valence-corrected chi connectivity index (χ2v) is 9.06. The molecule has 0 atom stereocenters. The summed E-state index contributed by atoms with van der Waals surface area (Å²) in [5.41, 5.74) is 7.11. The van der Waals surface area contributed by atoms with E-state index < -0.39 is 0 Å². The standard InChI is InChI=1S/C19H20NOSi/c1-21-14-8-9-17-16(11-14)19-15-7-5-4-6-13(15)10-18(19)20(17)12-22(2)3/h4-9,11H,10,12H2,1-3H3. The van der Waals surface area contributed by atoms with E-state index in [4.69, 9.17) is 4.74 Å². The molecule has 1 aliphatic carbocycles. The van der Waals surface area contributed by atoms with Gasteiger partial charge < -0.3 is 9.30 Å². The summed E-state index contributed by atoms with van der Waals surface area (Å²) in [7, 11) is 1.40. The van der Waals surface area contributed by atoms with Gasteiger partial charge in [-0.05, 0) is 29.3 Å². The number of hydrogen-bond donors (Lipinski definition) is 0. The molecule has 2 aromatic carbocycles. The molecule has 0 N–H and O–H groups in total. The van der Waals surface area contributed by atoms with E-state index in [-0.39, 0.29) is 8.80 Å². The summed E-state index contributed by atoms with van der Waals surface area (Å²) in [5.74, 6) is 0.940. The van der Waals surface area contributed by atoms with Crippen LogP contribution < -0.4 is 4.74 Å². The predicted octanol–water partition coefficient (Wildman–Crippen LogP) is 4.51. The smallest absolute Gasteiger partial charge is 0.119 e. The van der Waals surface area contributed by atoms with Crippen molar-refractivity contribution in [3.63, 3.8) is 0 Å². The molecule has 22 heavy (non-hydrogen) atoms. The summed E-state index contributed by atoms with van der Waals surface area (Å²) >= 11 is 0. The highest BCUT2D eigenvalue weighted by molar-refractivity contribution is 6.54. The molecule has 1 aromatic heterocycles. The Morgan fingerprint density at radius 2 is 1.95 bits per heavy atom. The maximum atomic E-state index is 5.46. The van der Waals surface area contributed by atoms with Gasteiger partial charge in [0.05, 0.1) is 15.9 Å². The predicted molar refractivity (Wildman–Crippen MR) is 94.2 cm³/mol. The summed E-state index contributed by atoms with van der Waals surface area (Å²) in [5, 5.41) is 1.34. The van der Waals surface area contributed by atoms with Crippen LogP contribution in [0.2, 0.25) is 13.1 Å². The SMILES string of the molecule is COc1ccc2c(c1)c1c(n2C[Si](C)C)Cc2ccccc2-1. The summed E-state index contributed by atoms with van der Waals surface area (Å²) in [4.78, 5) is 0. The first-order valence-corrected chi connectivity index (χ1v) is 10.5. The van der Waals surface area contributed by atoms with E-state index in [0.29, 0.717) is 0 Å². The third-order valence-electron chi connectivity index (χ3n) is 4.50. The van der Waals surface area contributed by atoms with Crippen molar-refractivity contribution in [2.24, 2.45) is 0 Å². The molecule has 0 unspecified atom stereocenters. The Morgan fingerprint density at radius 3 is 2.73 bits per heavy atom. The molecule has 0 amide bonds. The molecule has 2 nitrogen and oxygen atoms in total. The molecular weight excluding hydrogens is 286 g/mol. The van der Waals surface area contributed by atoms with E-state index in [1.54, 1.807) is 7.11 Å². The highest BCUT2D eigenvalue weighted by Gasteiger charge is 2.26. The number of ether oxygens (including phenoxy) is 1. The van der Waals surface area contributed by atoms with Crippen LogP contribution in [-0.4, -0.2) is 20.5 Å². The molecule has 3 aromatic rings. The fraction of sp³-hybridized carbons (Fsp3) is 0.263. The van der Waals surface area contributed by atoms with Gasteiger partial charge in [-0.15, -0.1) is 0 Å². The summed E-state index contributed by atoms with van der Waals surface area (Å²) < 4.78 is 8.01. The van der Waals surface area contributed by atoms with Gasteiger partial charge in [0.15, 0.2) is 0 Å². The van der Waals surface area contributed by atoms with E-state index in [1.165, 1.54) is 33.3 Å². The van der Waals surface area contributed by atoms with Crippen LogP contribution in [0.5, 0.6) is 5.75 Å². The topological polar surface area (TPSA) is 14.2 Å². The fourth-order valence-electron chi connectivity index (χ4n) is 3.59. The lowest BCUT2D eigenvalue weighted by Gasteiger charge is -2.11. The van der Waals surface area contributed by atoms with Crippen molar-refractivity contribution in [3.8, 4) is 16.9 Å². The minimum Gasteiger partial charge on any atom is -0.497 e. The van der Waals surface area contributed by atoms with Gasteiger partial charge in [-0.25, -0.2) is 0 Å². The first kappa shape index (κ1) is 13.6. The molecule has 3 heteroatoms. The minimum atomic E-state index is -0.339. The van der Waals surface area contributed by atoms with Crippen LogP contribution in [0.25, 0.3) is 22.0 Å². The Bertz CT molecular complexity index is 863. The molecule has 1 heterocycles. The number of hydrogen-bond acceptors (Lipinski definition) is 1. The molecule has 4 rings (SSSR count). The van der Waals surface area contributed by atoms with Crippen LogP contribution in [-0.2, 0) is 12.6 Å². The van der Waals surface area contributed by atoms with Crippen molar-refractivity contribution in [1.82, 2.24) is 4.57 Å². The zero-order valence-electron chi connectivity index (χ0n) is 13.3. The first-order chi connectivity index (χ1) is 10.7. The van der Waals surface area contributed by atoms with Gasteiger partial charge in [0.25, 0.3) is 0 Å². The molecule has 0 fully saturated rings.